The predicted octanol–water partition coefficient (Wildman–Crippen LogP) is 0.804. The molecule has 0 bridgehead atoms. The average Bonchev–Trinajstić information content (AvgIpc) is 2.57. The van der Waals surface area contributed by atoms with Crippen LogP contribution in [0.4, 0.5) is 5.69 Å². The molecular weight excluding hydrogens is 204 g/mol. The molecule has 2 rings (SSSR count). The van der Waals surface area contributed by atoms with Crippen molar-refractivity contribution in [2.45, 2.75) is 25.5 Å². The van der Waals surface area contributed by atoms with Crippen molar-refractivity contribution in [2.75, 3.05) is 11.4 Å². The molecule has 4 nitrogen and oxygen atoms in total. The van der Waals surface area contributed by atoms with E-state index in [0.29, 0.717) is 13.0 Å². The van der Waals surface area contributed by atoms with Crippen LogP contribution in [-0.2, 0) is 4.79 Å². The van der Waals surface area contributed by atoms with E-state index in [1.807, 2.05) is 24.3 Å². The van der Waals surface area contributed by atoms with Crippen molar-refractivity contribution >= 4 is 11.6 Å². The van der Waals surface area contributed by atoms with Crippen molar-refractivity contribution in [3.8, 4) is 0 Å². The molecule has 1 aliphatic heterocycles. The third kappa shape index (κ3) is 1.94. The Bertz CT molecular complexity index is 404. The Kier molecular flexibility index (Phi) is 2.94. The minimum atomic E-state index is -0.583. The van der Waals surface area contributed by atoms with Gasteiger partial charge in [0.25, 0.3) is 0 Å². The zero-order valence-electron chi connectivity index (χ0n) is 9.26. The van der Waals surface area contributed by atoms with Crippen LogP contribution in [-0.4, -0.2) is 23.6 Å². The second kappa shape index (κ2) is 4.23. The highest BCUT2D eigenvalue weighted by Crippen LogP contribution is 2.29. The van der Waals surface area contributed by atoms with Gasteiger partial charge in [0.15, 0.2) is 0 Å². The molecule has 86 valence electrons. The van der Waals surface area contributed by atoms with Gasteiger partial charge in [-0.3, -0.25) is 4.79 Å². The maximum Gasteiger partial charge on any atom is 0.228 e. The quantitative estimate of drug-likeness (QED) is 0.775. The van der Waals surface area contributed by atoms with Gasteiger partial charge >= 0.3 is 0 Å². The summed E-state index contributed by atoms with van der Waals surface area (Å²) in [4.78, 5) is 13.4. The molecule has 1 aliphatic rings. The summed E-state index contributed by atoms with van der Waals surface area (Å²) < 4.78 is 0. The van der Waals surface area contributed by atoms with Crippen LogP contribution in [0.5, 0.6) is 0 Å². The molecule has 4 heteroatoms. The first-order valence-electron chi connectivity index (χ1n) is 5.42. The van der Waals surface area contributed by atoms with Gasteiger partial charge < -0.3 is 15.7 Å². The summed E-state index contributed by atoms with van der Waals surface area (Å²) in [5.41, 5.74) is 7.30. The molecule has 1 heterocycles. The fourth-order valence-electron chi connectivity index (χ4n) is 2.05. The van der Waals surface area contributed by atoms with Crippen molar-refractivity contribution in [2.24, 2.45) is 5.73 Å². The van der Waals surface area contributed by atoms with Gasteiger partial charge in [0, 0.05) is 30.3 Å². The third-order valence-corrected chi connectivity index (χ3v) is 2.83. The summed E-state index contributed by atoms with van der Waals surface area (Å²) >= 11 is 0. The second-order valence-corrected chi connectivity index (χ2v) is 4.20. The Morgan fingerprint density at radius 1 is 1.50 bits per heavy atom. The molecule has 1 saturated heterocycles. The SMILES string of the molecule is CC(O)c1ccccc1N1CC(N)CC1=O. The van der Waals surface area contributed by atoms with E-state index in [-0.39, 0.29) is 11.9 Å². The maximum absolute atomic E-state index is 11.7. The summed E-state index contributed by atoms with van der Waals surface area (Å²) in [7, 11) is 0. The molecule has 2 unspecified atom stereocenters. The first-order valence-corrected chi connectivity index (χ1v) is 5.42. The molecule has 1 fully saturated rings. The van der Waals surface area contributed by atoms with Gasteiger partial charge in [0.1, 0.15) is 0 Å². The minimum absolute atomic E-state index is 0.0283. The number of benzene rings is 1. The number of aliphatic hydroxyl groups excluding tert-OH is 1. The zero-order chi connectivity index (χ0) is 11.7. The van der Waals surface area contributed by atoms with Crippen LogP contribution in [0.1, 0.15) is 25.0 Å². The molecule has 0 saturated carbocycles. The van der Waals surface area contributed by atoms with Crippen LogP contribution in [0.15, 0.2) is 24.3 Å². The molecular formula is C12H16N2O2. The van der Waals surface area contributed by atoms with Gasteiger partial charge in [0.2, 0.25) is 5.91 Å². The van der Waals surface area contributed by atoms with E-state index in [0.717, 1.165) is 11.3 Å². The van der Waals surface area contributed by atoms with Crippen LogP contribution in [0.2, 0.25) is 0 Å². The molecule has 0 aromatic heterocycles. The molecule has 1 aromatic carbocycles. The molecule has 1 aromatic rings. The maximum atomic E-state index is 11.7. The van der Waals surface area contributed by atoms with Gasteiger partial charge in [0.05, 0.1) is 6.10 Å². The van der Waals surface area contributed by atoms with E-state index in [2.05, 4.69) is 0 Å². The van der Waals surface area contributed by atoms with Gasteiger partial charge in [-0.15, -0.1) is 0 Å². The molecule has 2 atom stereocenters. The smallest absolute Gasteiger partial charge is 0.228 e. The Hall–Kier alpha value is -1.39. The number of hydrogen-bond donors (Lipinski definition) is 2. The summed E-state index contributed by atoms with van der Waals surface area (Å²) in [5.74, 6) is 0.0283. The van der Waals surface area contributed by atoms with Crippen molar-refractivity contribution < 1.29 is 9.90 Å². The zero-order valence-corrected chi connectivity index (χ0v) is 9.26. The number of rotatable bonds is 2. The molecule has 0 radical (unpaired) electrons. The van der Waals surface area contributed by atoms with Gasteiger partial charge in [-0.25, -0.2) is 0 Å². The van der Waals surface area contributed by atoms with Crippen LogP contribution in [0, 0.1) is 0 Å². The molecule has 0 spiro atoms. The topological polar surface area (TPSA) is 66.6 Å². The monoisotopic (exact) mass is 220 g/mol. The lowest BCUT2D eigenvalue weighted by molar-refractivity contribution is -0.117. The number of anilines is 1. The average molecular weight is 220 g/mol. The summed E-state index contributed by atoms with van der Waals surface area (Å²) in [6.45, 7) is 2.22. The van der Waals surface area contributed by atoms with Gasteiger partial charge in [-0.2, -0.15) is 0 Å². The lowest BCUT2D eigenvalue weighted by Crippen LogP contribution is -2.29. The Morgan fingerprint density at radius 2 is 2.19 bits per heavy atom. The Balaban J connectivity index is 2.36. The summed E-state index contributed by atoms with van der Waals surface area (Å²) in [5, 5.41) is 9.65. The molecule has 1 amide bonds. The van der Waals surface area contributed by atoms with Crippen molar-refractivity contribution in [1.82, 2.24) is 0 Å². The van der Waals surface area contributed by atoms with E-state index in [9.17, 15) is 9.90 Å². The minimum Gasteiger partial charge on any atom is -0.389 e. The predicted molar refractivity (Wildman–Crippen MR) is 62.0 cm³/mol. The van der Waals surface area contributed by atoms with Gasteiger partial charge in [-0.05, 0) is 13.0 Å². The molecule has 0 aliphatic carbocycles. The summed E-state index contributed by atoms with van der Waals surface area (Å²) in [6.07, 6.45) is -0.199. The lowest BCUT2D eigenvalue weighted by atomic mass is 10.1. The number of nitrogens with two attached hydrogens (primary N) is 1. The number of nitrogens with zero attached hydrogens (tertiary/aromatic N) is 1. The Morgan fingerprint density at radius 3 is 2.75 bits per heavy atom. The second-order valence-electron chi connectivity index (χ2n) is 4.20. The first-order chi connectivity index (χ1) is 7.59. The largest absolute Gasteiger partial charge is 0.389 e. The van der Waals surface area contributed by atoms with Crippen molar-refractivity contribution in [1.29, 1.82) is 0 Å². The van der Waals surface area contributed by atoms with Crippen molar-refractivity contribution in [3.63, 3.8) is 0 Å². The van der Waals surface area contributed by atoms with Gasteiger partial charge in [-0.1, -0.05) is 18.2 Å². The number of carbonyl (C=O) groups excluding carboxylic acids is 1. The number of amides is 1. The van der Waals surface area contributed by atoms with E-state index in [1.54, 1.807) is 11.8 Å². The number of aliphatic hydroxyl groups is 1. The van der Waals surface area contributed by atoms with E-state index < -0.39 is 6.10 Å². The fourth-order valence-corrected chi connectivity index (χ4v) is 2.05. The first kappa shape index (κ1) is 11.1. The fraction of sp³-hybridized carbons (Fsp3) is 0.417. The standard InChI is InChI=1S/C12H16N2O2/c1-8(15)10-4-2-3-5-11(10)14-7-9(13)6-12(14)16/h2-5,8-9,15H,6-7,13H2,1H3. The van der Waals surface area contributed by atoms with Crippen LogP contribution < -0.4 is 10.6 Å². The highest BCUT2D eigenvalue weighted by atomic mass is 16.3. The highest BCUT2D eigenvalue weighted by Gasteiger charge is 2.29. The third-order valence-electron chi connectivity index (χ3n) is 2.83. The summed E-state index contributed by atoms with van der Waals surface area (Å²) in [6, 6.07) is 7.29. The number of para-hydroxylation sites is 1. The highest BCUT2D eigenvalue weighted by molar-refractivity contribution is 5.97. The van der Waals surface area contributed by atoms with Crippen molar-refractivity contribution in [3.05, 3.63) is 29.8 Å². The van der Waals surface area contributed by atoms with E-state index in [1.165, 1.54) is 0 Å². The molecule has 3 N–H and O–H groups in total. The lowest BCUT2D eigenvalue weighted by Gasteiger charge is -2.21. The van der Waals surface area contributed by atoms with E-state index >= 15 is 0 Å². The van der Waals surface area contributed by atoms with Crippen LogP contribution in [0.25, 0.3) is 0 Å². The van der Waals surface area contributed by atoms with E-state index in [4.69, 9.17) is 5.73 Å². The van der Waals surface area contributed by atoms with Crippen LogP contribution in [0.3, 0.4) is 0 Å². The normalized spacial score (nSPS) is 22.6. The number of carbonyl (C=O) groups is 1. The molecule has 16 heavy (non-hydrogen) atoms. The number of hydrogen-bond acceptors (Lipinski definition) is 3. The Labute approximate surface area is 94.7 Å². The van der Waals surface area contributed by atoms with Crippen LogP contribution >= 0.6 is 0 Å².